The molecule has 0 saturated carbocycles. The lowest BCUT2D eigenvalue weighted by Crippen LogP contribution is -2.15. The third kappa shape index (κ3) is 5.37. The fourth-order valence-corrected chi connectivity index (χ4v) is 2.41. The van der Waals surface area contributed by atoms with Gasteiger partial charge in [0, 0.05) is 24.8 Å². The zero-order valence-electron chi connectivity index (χ0n) is 14.8. The Morgan fingerprint density at radius 2 is 1.59 bits per heavy atom. The smallest absolute Gasteiger partial charge is 0.276 e. The summed E-state index contributed by atoms with van der Waals surface area (Å²) in [6.45, 7) is 2.05. The van der Waals surface area contributed by atoms with Gasteiger partial charge in [-0.25, -0.2) is 0 Å². The third-order valence-electron chi connectivity index (χ3n) is 3.65. The maximum Gasteiger partial charge on any atom is 0.276 e. The third-order valence-corrected chi connectivity index (χ3v) is 3.65. The number of carbonyl (C=O) groups is 2. The average Bonchev–Trinajstić information content (AvgIpc) is 2.67. The van der Waals surface area contributed by atoms with Gasteiger partial charge in [0.25, 0.3) is 5.91 Å². The Balaban J connectivity index is 1.59. The van der Waals surface area contributed by atoms with Crippen LogP contribution in [-0.4, -0.2) is 22.0 Å². The van der Waals surface area contributed by atoms with E-state index in [1.807, 2.05) is 30.3 Å². The number of benzene rings is 2. The highest BCUT2D eigenvalue weighted by Gasteiger charge is 2.09. The van der Waals surface area contributed by atoms with E-state index in [0.717, 1.165) is 5.56 Å². The van der Waals surface area contributed by atoms with Crippen molar-refractivity contribution in [3.63, 3.8) is 0 Å². The molecule has 3 rings (SSSR count). The van der Waals surface area contributed by atoms with Gasteiger partial charge in [-0.1, -0.05) is 36.4 Å². The second kappa shape index (κ2) is 8.57. The summed E-state index contributed by atoms with van der Waals surface area (Å²) in [7, 11) is 0. The van der Waals surface area contributed by atoms with Crippen LogP contribution >= 0.6 is 0 Å². The van der Waals surface area contributed by atoms with Gasteiger partial charge < -0.3 is 16.0 Å². The molecule has 2 aromatic carbocycles. The first kappa shape index (κ1) is 18.1. The zero-order valence-corrected chi connectivity index (χ0v) is 14.8. The number of hydrogen-bond donors (Lipinski definition) is 3. The predicted octanol–water partition coefficient (Wildman–Crippen LogP) is 3.30. The number of carbonyl (C=O) groups excluding carboxylic acids is 2. The summed E-state index contributed by atoms with van der Waals surface area (Å²) in [5.41, 5.74) is 2.48. The number of aromatic nitrogens is 2. The van der Waals surface area contributed by atoms with E-state index in [9.17, 15) is 9.59 Å². The molecule has 0 spiro atoms. The molecule has 0 aliphatic heterocycles. The van der Waals surface area contributed by atoms with E-state index in [-0.39, 0.29) is 17.5 Å². The number of amides is 2. The standard InChI is InChI=1S/C20H19N5O2/c1-14(26)22-16-8-5-9-17(12-16)23-20(27)18-10-11-19(25-24-18)21-13-15-6-3-2-4-7-15/h2-12H,13H2,1H3,(H,21,25)(H,22,26)(H,23,27). The summed E-state index contributed by atoms with van der Waals surface area (Å²) < 4.78 is 0. The highest BCUT2D eigenvalue weighted by Crippen LogP contribution is 2.16. The molecule has 1 heterocycles. The Morgan fingerprint density at radius 3 is 2.26 bits per heavy atom. The first-order valence-corrected chi connectivity index (χ1v) is 8.41. The molecule has 0 atom stereocenters. The Kier molecular flexibility index (Phi) is 5.73. The SMILES string of the molecule is CC(=O)Nc1cccc(NC(=O)c2ccc(NCc3ccccc3)nn2)c1. The zero-order chi connectivity index (χ0) is 19.1. The minimum Gasteiger partial charge on any atom is -0.365 e. The summed E-state index contributed by atoms with van der Waals surface area (Å²) in [5.74, 6) is 0.0306. The van der Waals surface area contributed by atoms with E-state index in [1.165, 1.54) is 6.92 Å². The Morgan fingerprint density at radius 1 is 0.852 bits per heavy atom. The molecule has 3 aromatic rings. The molecule has 0 fully saturated rings. The number of hydrogen-bond acceptors (Lipinski definition) is 5. The summed E-state index contributed by atoms with van der Waals surface area (Å²) in [6.07, 6.45) is 0. The first-order valence-electron chi connectivity index (χ1n) is 8.41. The lowest BCUT2D eigenvalue weighted by atomic mass is 10.2. The molecule has 7 heteroatoms. The van der Waals surface area contributed by atoms with E-state index >= 15 is 0 Å². The van der Waals surface area contributed by atoms with Gasteiger partial charge in [0.05, 0.1) is 0 Å². The van der Waals surface area contributed by atoms with Crippen LogP contribution in [0.2, 0.25) is 0 Å². The van der Waals surface area contributed by atoms with Crippen LogP contribution in [0.3, 0.4) is 0 Å². The van der Waals surface area contributed by atoms with Crippen molar-refractivity contribution in [1.29, 1.82) is 0 Å². The van der Waals surface area contributed by atoms with Gasteiger partial charge >= 0.3 is 0 Å². The maximum absolute atomic E-state index is 12.3. The van der Waals surface area contributed by atoms with Crippen molar-refractivity contribution >= 4 is 29.0 Å². The molecular formula is C20H19N5O2. The van der Waals surface area contributed by atoms with Crippen molar-refractivity contribution in [3.05, 3.63) is 78.0 Å². The highest BCUT2D eigenvalue weighted by atomic mass is 16.2. The molecule has 0 aliphatic carbocycles. The molecule has 3 N–H and O–H groups in total. The van der Waals surface area contributed by atoms with Gasteiger partial charge in [0.2, 0.25) is 5.91 Å². The van der Waals surface area contributed by atoms with Crippen LogP contribution in [0.5, 0.6) is 0 Å². The normalized spacial score (nSPS) is 10.1. The van der Waals surface area contributed by atoms with Crippen molar-refractivity contribution in [1.82, 2.24) is 10.2 Å². The van der Waals surface area contributed by atoms with Gasteiger partial charge in [-0.15, -0.1) is 10.2 Å². The van der Waals surface area contributed by atoms with Crippen molar-refractivity contribution in [2.45, 2.75) is 13.5 Å². The van der Waals surface area contributed by atoms with Gasteiger partial charge in [0.15, 0.2) is 5.69 Å². The van der Waals surface area contributed by atoms with Crippen molar-refractivity contribution in [2.75, 3.05) is 16.0 Å². The lowest BCUT2D eigenvalue weighted by molar-refractivity contribution is -0.114. The minimum absolute atomic E-state index is 0.178. The number of nitrogens with one attached hydrogen (secondary N) is 3. The van der Waals surface area contributed by atoms with E-state index in [2.05, 4.69) is 26.1 Å². The quantitative estimate of drug-likeness (QED) is 0.626. The monoisotopic (exact) mass is 361 g/mol. The molecular weight excluding hydrogens is 342 g/mol. The summed E-state index contributed by atoms with van der Waals surface area (Å²) >= 11 is 0. The second-order valence-corrected chi connectivity index (χ2v) is 5.86. The van der Waals surface area contributed by atoms with Crippen LogP contribution in [-0.2, 0) is 11.3 Å². The number of anilines is 3. The Bertz CT molecular complexity index is 927. The van der Waals surface area contributed by atoms with E-state index in [4.69, 9.17) is 0 Å². The van der Waals surface area contributed by atoms with Crippen molar-refractivity contribution < 1.29 is 9.59 Å². The molecule has 7 nitrogen and oxygen atoms in total. The van der Waals surface area contributed by atoms with Crippen LogP contribution in [0.25, 0.3) is 0 Å². The Labute approximate surface area is 156 Å². The van der Waals surface area contributed by atoms with E-state index in [0.29, 0.717) is 23.7 Å². The Hall–Kier alpha value is -3.74. The maximum atomic E-state index is 12.3. The minimum atomic E-state index is -0.378. The molecule has 0 radical (unpaired) electrons. The molecule has 0 unspecified atom stereocenters. The lowest BCUT2D eigenvalue weighted by Gasteiger charge is -2.08. The van der Waals surface area contributed by atoms with Gasteiger partial charge in [0.1, 0.15) is 5.82 Å². The molecule has 0 saturated heterocycles. The van der Waals surface area contributed by atoms with Crippen LogP contribution < -0.4 is 16.0 Å². The van der Waals surface area contributed by atoms with Crippen LogP contribution in [0, 0.1) is 0 Å². The summed E-state index contributed by atoms with van der Waals surface area (Å²) in [4.78, 5) is 23.4. The molecule has 1 aromatic heterocycles. The second-order valence-electron chi connectivity index (χ2n) is 5.86. The molecule has 27 heavy (non-hydrogen) atoms. The fraction of sp³-hybridized carbons (Fsp3) is 0.100. The van der Waals surface area contributed by atoms with Gasteiger partial charge in [-0.05, 0) is 35.9 Å². The van der Waals surface area contributed by atoms with Gasteiger partial charge in [-0.3, -0.25) is 9.59 Å². The van der Waals surface area contributed by atoms with E-state index in [1.54, 1.807) is 36.4 Å². The van der Waals surface area contributed by atoms with Crippen LogP contribution in [0.1, 0.15) is 23.0 Å². The first-order chi connectivity index (χ1) is 13.1. The number of rotatable bonds is 6. The highest BCUT2D eigenvalue weighted by molar-refractivity contribution is 6.03. The molecule has 136 valence electrons. The fourth-order valence-electron chi connectivity index (χ4n) is 2.41. The summed E-state index contributed by atoms with van der Waals surface area (Å²) in [6, 6.07) is 20.1. The van der Waals surface area contributed by atoms with Crippen LogP contribution in [0.15, 0.2) is 66.7 Å². The molecule has 0 aliphatic rings. The average molecular weight is 361 g/mol. The van der Waals surface area contributed by atoms with Gasteiger partial charge in [-0.2, -0.15) is 0 Å². The largest absolute Gasteiger partial charge is 0.365 e. The van der Waals surface area contributed by atoms with E-state index < -0.39 is 0 Å². The number of nitrogens with zero attached hydrogens (tertiary/aromatic N) is 2. The molecule has 0 bridgehead atoms. The topological polar surface area (TPSA) is 96.0 Å². The molecule has 2 amide bonds. The van der Waals surface area contributed by atoms with Crippen molar-refractivity contribution in [2.24, 2.45) is 0 Å². The summed E-state index contributed by atoms with van der Waals surface area (Å²) in [5, 5.41) is 16.6. The van der Waals surface area contributed by atoms with Crippen LogP contribution in [0.4, 0.5) is 17.2 Å². The van der Waals surface area contributed by atoms with Crippen molar-refractivity contribution in [3.8, 4) is 0 Å². The predicted molar refractivity (Wildman–Crippen MR) is 104 cm³/mol.